The molecule has 2 aromatic carbocycles. The molecule has 0 saturated carbocycles. The first-order valence-corrected chi connectivity index (χ1v) is 7.16. The van der Waals surface area contributed by atoms with Gasteiger partial charge in [0.15, 0.2) is 0 Å². The number of rotatable bonds is 4. The average Bonchev–Trinajstić information content (AvgIpc) is 2.40. The molecular formula is C17H19ClFN. The van der Waals surface area contributed by atoms with Crippen LogP contribution < -0.4 is 5.32 Å². The SMILES string of the molecule is CCNC(c1ccc(C)cc1C)c1cccc(F)c1Cl. The Morgan fingerprint density at radius 1 is 1.15 bits per heavy atom. The molecule has 1 unspecified atom stereocenters. The topological polar surface area (TPSA) is 12.0 Å². The van der Waals surface area contributed by atoms with Crippen LogP contribution in [0.2, 0.25) is 5.02 Å². The van der Waals surface area contributed by atoms with Gasteiger partial charge in [-0.3, -0.25) is 0 Å². The van der Waals surface area contributed by atoms with E-state index in [9.17, 15) is 4.39 Å². The van der Waals surface area contributed by atoms with Crippen LogP contribution in [0.1, 0.15) is 35.2 Å². The van der Waals surface area contributed by atoms with E-state index in [2.05, 4.69) is 37.4 Å². The summed E-state index contributed by atoms with van der Waals surface area (Å²) >= 11 is 6.14. The van der Waals surface area contributed by atoms with E-state index < -0.39 is 0 Å². The monoisotopic (exact) mass is 291 g/mol. The number of nitrogens with one attached hydrogen (secondary N) is 1. The van der Waals surface area contributed by atoms with E-state index in [1.807, 2.05) is 13.0 Å². The molecule has 1 nitrogen and oxygen atoms in total. The Hall–Kier alpha value is -1.38. The Morgan fingerprint density at radius 3 is 2.55 bits per heavy atom. The summed E-state index contributed by atoms with van der Waals surface area (Å²) in [6.07, 6.45) is 0. The van der Waals surface area contributed by atoms with Crippen LogP contribution >= 0.6 is 11.6 Å². The molecule has 0 aromatic heterocycles. The van der Waals surface area contributed by atoms with Crippen molar-refractivity contribution >= 4 is 11.6 Å². The van der Waals surface area contributed by atoms with Gasteiger partial charge >= 0.3 is 0 Å². The van der Waals surface area contributed by atoms with Gasteiger partial charge in [0, 0.05) is 0 Å². The van der Waals surface area contributed by atoms with Crippen LogP contribution in [0.15, 0.2) is 36.4 Å². The second kappa shape index (κ2) is 6.38. The lowest BCUT2D eigenvalue weighted by atomic mass is 9.93. The van der Waals surface area contributed by atoms with Crippen molar-refractivity contribution in [1.82, 2.24) is 5.32 Å². The molecule has 0 aliphatic carbocycles. The minimum atomic E-state index is -0.378. The Bertz CT molecular complexity index is 610. The zero-order valence-corrected chi connectivity index (χ0v) is 12.8. The minimum absolute atomic E-state index is 0.0937. The third-order valence-electron chi connectivity index (χ3n) is 3.44. The van der Waals surface area contributed by atoms with Gasteiger partial charge in [-0.2, -0.15) is 0 Å². The highest BCUT2D eigenvalue weighted by molar-refractivity contribution is 6.31. The largest absolute Gasteiger partial charge is 0.306 e. The van der Waals surface area contributed by atoms with E-state index in [4.69, 9.17) is 11.6 Å². The molecule has 2 rings (SSSR count). The van der Waals surface area contributed by atoms with Crippen molar-refractivity contribution in [2.24, 2.45) is 0 Å². The Morgan fingerprint density at radius 2 is 1.90 bits per heavy atom. The van der Waals surface area contributed by atoms with Crippen LogP contribution in [0, 0.1) is 19.7 Å². The molecule has 0 saturated heterocycles. The summed E-state index contributed by atoms with van der Waals surface area (Å²) in [6.45, 7) is 6.95. The Balaban J connectivity index is 2.53. The third-order valence-corrected chi connectivity index (χ3v) is 3.84. The third kappa shape index (κ3) is 3.02. The van der Waals surface area contributed by atoms with E-state index in [0.717, 1.165) is 17.7 Å². The van der Waals surface area contributed by atoms with Crippen molar-refractivity contribution in [1.29, 1.82) is 0 Å². The molecule has 0 amide bonds. The number of hydrogen-bond acceptors (Lipinski definition) is 1. The maximum atomic E-state index is 13.7. The molecule has 0 fully saturated rings. The second-order valence-corrected chi connectivity index (χ2v) is 5.37. The van der Waals surface area contributed by atoms with Crippen LogP contribution in [-0.4, -0.2) is 6.54 Å². The maximum Gasteiger partial charge on any atom is 0.142 e. The summed E-state index contributed by atoms with van der Waals surface area (Å²) in [5, 5.41) is 3.59. The van der Waals surface area contributed by atoms with Crippen molar-refractivity contribution in [3.63, 3.8) is 0 Å². The average molecular weight is 292 g/mol. The Kier molecular flexibility index (Phi) is 4.79. The molecule has 0 heterocycles. The Labute approximate surface area is 124 Å². The van der Waals surface area contributed by atoms with Gasteiger partial charge in [-0.05, 0) is 43.1 Å². The smallest absolute Gasteiger partial charge is 0.142 e. The van der Waals surface area contributed by atoms with Crippen molar-refractivity contribution < 1.29 is 4.39 Å². The van der Waals surface area contributed by atoms with Crippen LogP contribution in [0.25, 0.3) is 0 Å². The number of benzene rings is 2. The normalized spacial score (nSPS) is 12.4. The number of halogens is 2. The first-order chi connectivity index (χ1) is 9.54. The van der Waals surface area contributed by atoms with Crippen molar-refractivity contribution in [2.45, 2.75) is 26.8 Å². The molecular weight excluding hydrogens is 273 g/mol. The summed E-state index contributed by atoms with van der Waals surface area (Å²) in [4.78, 5) is 0. The van der Waals surface area contributed by atoms with Crippen molar-refractivity contribution in [3.05, 3.63) is 69.5 Å². The number of aryl methyl sites for hydroxylation is 2. The van der Waals surface area contributed by atoms with Gasteiger partial charge in [-0.1, -0.05) is 54.4 Å². The van der Waals surface area contributed by atoms with Crippen LogP contribution in [-0.2, 0) is 0 Å². The predicted molar refractivity (Wildman–Crippen MR) is 82.8 cm³/mol. The highest BCUT2D eigenvalue weighted by atomic mass is 35.5. The molecule has 1 N–H and O–H groups in total. The fraction of sp³-hybridized carbons (Fsp3) is 0.294. The zero-order valence-electron chi connectivity index (χ0n) is 12.0. The summed E-state index contributed by atoms with van der Waals surface area (Å²) in [5.41, 5.74) is 4.30. The van der Waals surface area contributed by atoms with Gasteiger partial charge in [-0.25, -0.2) is 4.39 Å². The fourth-order valence-corrected chi connectivity index (χ4v) is 2.72. The lowest BCUT2D eigenvalue weighted by molar-refractivity contribution is 0.602. The van der Waals surface area contributed by atoms with E-state index in [1.54, 1.807) is 6.07 Å². The molecule has 20 heavy (non-hydrogen) atoms. The molecule has 3 heteroatoms. The summed E-state index contributed by atoms with van der Waals surface area (Å²) < 4.78 is 13.7. The fourth-order valence-electron chi connectivity index (χ4n) is 2.48. The summed E-state index contributed by atoms with van der Waals surface area (Å²) in [6, 6.07) is 11.1. The lowest BCUT2D eigenvalue weighted by Gasteiger charge is -2.22. The number of hydrogen-bond donors (Lipinski definition) is 1. The van der Waals surface area contributed by atoms with Gasteiger partial charge in [0.05, 0.1) is 11.1 Å². The highest BCUT2D eigenvalue weighted by Crippen LogP contribution is 2.31. The zero-order chi connectivity index (χ0) is 14.7. The molecule has 0 spiro atoms. The van der Waals surface area contributed by atoms with Crippen LogP contribution in [0.3, 0.4) is 0 Å². The second-order valence-electron chi connectivity index (χ2n) is 4.99. The molecule has 0 aliphatic heterocycles. The van der Waals surface area contributed by atoms with Gasteiger partial charge in [0.1, 0.15) is 5.82 Å². The van der Waals surface area contributed by atoms with E-state index in [-0.39, 0.29) is 16.9 Å². The van der Waals surface area contributed by atoms with E-state index in [1.165, 1.54) is 17.2 Å². The van der Waals surface area contributed by atoms with Crippen LogP contribution in [0.5, 0.6) is 0 Å². The first kappa shape index (κ1) is 15.0. The standard InChI is InChI=1S/C17H19ClFN/c1-4-20-17(13-9-8-11(2)10-12(13)3)14-6-5-7-15(19)16(14)18/h5-10,17,20H,4H2,1-3H3. The van der Waals surface area contributed by atoms with Crippen LogP contribution in [0.4, 0.5) is 4.39 Å². The lowest BCUT2D eigenvalue weighted by Crippen LogP contribution is -2.23. The molecule has 0 bridgehead atoms. The molecule has 1 atom stereocenters. The van der Waals surface area contributed by atoms with Gasteiger partial charge in [-0.15, -0.1) is 0 Å². The first-order valence-electron chi connectivity index (χ1n) is 6.79. The molecule has 2 aromatic rings. The molecule has 0 radical (unpaired) electrons. The van der Waals surface area contributed by atoms with E-state index in [0.29, 0.717) is 0 Å². The summed E-state index contributed by atoms with van der Waals surface area (Å²) in [5.74, 6) is -0.378. The molecule has 106 valence electrons. The van der Waals surface area contributed by atoms with Crippen molar-refractivity contribution in [2.75, 3.05) is 6.54 Å². The van der Waals surface area contributed by atoms with Gasteiger partial charge < -0.3 is 5.32 Å². The molecule has 0 aliphatic rings. The quantitative estimate of drug-likeness (QED) is 0.853. The van der Waals surface area contributed by atoms with E-state index >= 15 is 0 Å². The van der Waals surface area contributed by atoms with Crippen molar-refractivity contribution in [3.8, 4) is 0 Å². The summed E-state index contributed by atoms with van der Waals surface area (Å²) in [7, 11) is 0. The maximum absolute atomic E-state index is 13.7. The highest BCUT2D eigenvalue weighted by Gasteiger charge is 2.19. The minimum Gasteiger partial charge on any atom is -0.306 e. The predicted octanol–water partition coefficient (Wildman–Crippen LogP) is 4.79. The van der Waals surface area contributed by atoms with Gasteiger partial charge in [0.25, 0.3) is 0 Å². The van der Waals surface area contributed by atoms with Gasteiger partial charge in [0.2, 0.25) is 0 Å².